The number of piperidine rings is 1. The summed E-state index contributed by atoms with van der Waals surface area (Å²) in [4.78, 5) is 18.4. The maximum atomic E-state index is 12.4. The van der Waals surface area contributed by atoms with E-state index in [2.05, 4.69) is 26.2 Å². The van der Waals surface area contributed by atoms with Gasteiger partial charge in [-0.3, -0.25) is 9.78 Å². The fraction of sp³-hybridized carbons (Fsp3) is 0.538. The number of hydrogen-bond acceptors (Lipinski definition) is 3. The van der Waals surface area contributed by atoms with Crippen LogP contribution in [-0.2, 0) is 0 Å². The number of rotatable bonds is 1. The van der Waals surface area contributed by atoms with Gasteiger partial charge in [0.05, 0.1) is 5.56 Å². The normalized spacial score (nSPS) is 27.1. The number of nitrogens with one attached hydrogen (secondary N) is 1. The molecule has 1 aromatic heterocycles. The van der Waals surface area contributed by atoms with Crippen LogP contribution in [0.2, 0.25) is 0 Å². The molecule has 1 aromatic rings. The Kier molecular flexibility index (Phi) is 3.35. The Hall–Kier alpha value is -0.940. The molecule has 2 aliphatic rings. The second kappa shape index (κ2) is 4.97. The number of amides is 1. The lowest BCUT2D eigenvalue weighted by Crippen LogP contribution is -2.43. The number of halogens is 1. The van der Waals surface area contributed by atoms with Gasteiger partial charge in [0.25, 0.3) is 5.91 Å². The van der Waals surface area contributed by atoms with E-state index in [1.165, 1.54) is 0 Å². The van der Waals surface area contributed by atoms with Crippen molar-refractivity contribution in [3.8, 4) is 0 Å². The minimum absolute atomic E-state index is 0.106. The van der Waals surface area contributed by atoms with E-state index in [0.717, 1.165) is 43.0 Å². The third-order valence-corrected chi connectivity index (χ3v) is 4.38. The molecule has 2 atom stereocenters. The zero-order valence-electron chi connectivity index (χ0n) is 10.1. The standard InChI is InChI=1S/C13H16BrN3O/c14-12-3-10(5-16-7-12)13(18)17-2-1-9-4-15-6-11(9)8-17/h3,5,7,9,11,15H,1-2,4,6,8H2. The summed E-state index contributed by atoms with van der Waals surface area (Å²) in [6.07, 6.45) is 4.46. The lowest BCUT2D eigenvalue weighted by molar-refractivity contribution is 0.0642. The molecule has 0 bridgehead atoms. The first-order valence-corrected chi connectivity index (χ1v) is 7.14. The molecule has 2 aliphatic heterocycles. The first kappa shape index (κ1) is 12.1. The summed E-state index contributed by atoms with van der Waals surface area (Å²) < 4.78 is 0.853. The Morgan fingerprint density at radius 2 is 2.22 bits per heavy atom. The molecule has 0 spiro atoms. The summed E-state index contributed by atoms with van der Waals surface area (Å²) in [6.45, 7) is 3.91. The predicted octanol–water partition coefficient (Wildman–Crippen LogP) is 1.53. The molecule has 4 nitrogen and oxygen atoms in total. The molecule has 1 N–H and O–H groups in total. The van der Waals surface area contributed by atoms with Gasteiger partial charge in [0, 0.05) is 30.0 Å². The molecule has 96 valence electrons. The Bertz CT molecular complexity index is 465. The lowest BCUT2D eigenvalue weighted by atomic mass is 9.88. The quantitative estimate of drug-likeness (QED) is 0.855. The molecule has 3 heterocycles. The van der Waals surface area contributed by atoms with Crippen LogP contribution in [-0.4, -0.2) is 42.0 Å². The van der Waals surface area contributed by atoms with Crippen LogP contribution in [0.25, 0.3) is 0 Å². The van der Waals surface area contributed by atoms with Crippen LogP contribution in [0.4, 0.5) is 0 Å². The van der Waals surface area contributed by atoms with Crippen molar-refractivity contribution in [1.82, 2.24) is 15.2 Å². The van der Waals surface area contributed by atoms with Crippen LogP contribution < -0.4 is 5.32 Å². The first-order chi connectivity index (χ1) is 8.74. The maximum absolute atomic E-state index is 12.4. The Morgan fingerprint density at radius 1 is 1.39 bits per heavy atom. The van der Waals surface area contributed by atoms with Gasteiger partial charge in [-0.25, -0.2) is 0 Å². The molecule has 0 aliphatic carbocycles. The summed E-state index contributed by atoms with van der Waals surface area (Å²) >= 11 is 3.36. The second-order valence-electron chi connectivity index (χ2n) is 5.11. The zero-order chi connectivity index (χ0) is 12.5. The third kappa shape index (κ3) is 2.29. The van der Waals surface area contributed by atoms with Gasteiger partial charge in [-0.05, 0) is 53.3 Å². The molecule has 18 heavy (non-hydrogen) atoms. The Morgan fingerprint density at radius 3 is 3.06 bits per heavy atom. The van der Waals surface area contributed by atoms with Crippen molar-refractivity contribution in [3.05, 3.63) is 28.5 Å². The van der Waals surface area contributed by atoms with E-state index < -0.39 is 0 Å². The lowest BCUT2D eigenvalue weighted by Gasteiger charge is -2.34. The molecule has 1 amide bonds. The average molecular weight is 310 g/mol. The number of pyridine rings is 1. The van der Waals surface area contributed by atoms with E-state index in [-0.39, 0.29) is 5.91 Å². The van der Waals surface area contributed by atoms with Crippen molar-refractivity contribution < 1.29 is 4.79 Å². The van der Waals surface area contributed by atoms with Gasteiger partial charge >= 0.3 is 0 Å². The van der Waals surface area contributed by atoms with E-state index in [4.69, 9.17) is 0 Å². The first-order valence-electron chi connectivity index (χ1n) is 6.34. The highest BCUT2D eigenvalue weighted by molar-refractivity contribution is 9.10. The van der Waals surface area contributed by atoms with E-state index in [9.17, 15) is 4.79 Å². The van der Waals surface area contributed by atoms with Crippen LogP contribution in [0.3, 0.4) is 0 Å². The van der Waals surface area contributed by atoms with Gasteiger partial charge in [-0.15, -0.1) is 0 Å². The van der Waals surface area contributed by atoms with Gasteiger partial charge in [-0.2, -0.15) is 0 Å². The maximum Gasteiger partial charge on any atom is 0.255 e. The molecule has 2 unspecified atom stereocenters. The Labute approximate surface area is 115 Å². The molecule has 2 fully saturated rings. The average Bonchev–Trinajstić information content (AvgIpc) is 2.85. The largest absolute Gasteiger partial charge is 0.338 e. The van der Waals surface area contributed by atoms with Crippen molar-refractivity contribution in [2.45, 2.75) is 6.42 Å². The number of carbonyl (C=O) groups excluding carboxylic acids is 1. The number of aromatic nitrogens is 1. The van der Waals surface area contributed by atoms with Gasteiger partial charge in [0.1, 0.15) is 0 Å². The Balaban J connectivity index is 1.73. The number of nitrogens with zero attached hydrogens (tertiary/aromatic N) is 2. The van der Waals surface area contributed by atoms with Crippen LogP contribution in [0.1, 0.15) is 16.8 Å². The van der Waals surface area contributed by atoms with Crippen molar-refractivity contribution in [2.75, 3.05) is 26.2 Å². The van der Waals surface area contributed by atoms with Gasteiger partial charge in [0.2, 0.25) is 0 Å². The fourth-order valence-electron chi connectivity index (χ4n) is 2.93. The van der Waals surface area contributed by atoms with E-state index >= 15 is 0 Å². The molecule has 0 saturated carbocycles. The van der Waals surface area contributed by atoms with Gasteiger partial charge in [-0.1, -0.05) is 0 Å². The molecular weight excluding hydrogens is 294 g/mol. The van der Waals surface area contributed by atoms with Crippen LogP contribution >= 0.6 is 15.9 Å². The zero-order valence-corrected chi connectivity index (χ0v) is 11.7. The molecular formula is C13H16BrN3O. The SMILES string of the molecule is O=C(c1cncc(Br)c1)N1CCC2CNCC2C1. The monoisotopic (exact) mass is 309 g/mol. The van der Waals surface area contributed by atoms with Crippen LogP contribution in [0, 0.1) is 11.8 Å². The van der Waals surface area contributed by atoms with Crippen molar-refractivity contribution in [2.24, 2.45) is 11.8 Å². The van der Waals surface area contributed by atoms with E-state index in [1.807, 2.05) is 11.0 Å². The predicted molar refractivity (Wildman–Crippen MR) is 72.3 cm³/mol. The van der Waals surface area contributed by atoms with Crippen LogP contribution in [0.5, 0.6) is 0 Å². The molecule has 5 heteroatoms. The molecule has 0 radical (unpaired) electrons. The fourth-order valence-corrected chi connectivity index (χ4v) is 3.30. The number of hydrogen-bond donors (Lipinski definition) is 1. The van der Waals surface area contributed by atoms with Crippen molar-refractivity contribution in [1.29, 1.82) is 0 Å². The highest BCUT2D eigenvalue weighted by Gasteiger charge is 2.34. The highest BCUT2D eigenvalue weighted by Crippen LogP contribution is 2.27. The third-order valence-electron chi connectivity index (χ3n) is 3.94. The van der Waals surface area contributed by atoms with Gasteiger partial charge < -0.3 is 10.2 Å². The summed E-state index contributed by atoms with van der Waals surface area (Å²) in [6, 6.07) is 1.84. The van der Waals surface area contributed by atoms with Crippen LogP contribution in [0.15, 0.2) is 22.9 Å². The summed E-state index contributed by atoms with van der Waals surface area (Å²) in [5, 5.41) is 3.41. The number of fused-ring (bicyclic) bond motifs is 1. The minimum Gasteiger partial charge on any atom is -0.338 e. The van der Waals surface area contributed by atoms with E-state index in [0.29, 0.717) is 11.5 Å². The van der Waals surface area contributed by atoms with Crippen molar-refractivity contribution >= 4 is 21.8 Å². The smallest absolute Gasteiger partial charge is 0.255 e. The molecule has 2 saturated heterocycles. The summed E-state index contributed by atoms with van der Waals surface area (Å²) in [5.41, 5.74) is 0.675. The number of likely N-dealkylation sites (tertiary alicyclic amines) is 1. The molecule has 0 aromatic carbocycles. The van der Waals surface area contributed by atoms with Gasteiger partial charge in [0.15, 0.2) is 0 Å². The highest BCUT2D eigenvalue weighted by atomic mass is 79.9. The molecule has 3 rings (SSSR count). The topological polar surface area (TPSA) is 45.2 Å². The summed E-state index contributed by atoms with van der Waals surface area (Å²) in [7, 11) is 0. The minimum atomic E-state index is 0.106. The van der Waals surface area contributed by atoms with Crippen molar-refractivity contribution in [3.63, 3.8) is 0 Å². The summed E-state index contributed by atoms with van der Waals surface area (Å²) in [5.74, 6) is 1.49. The second-order valence-corrected chi connectivity index (χ2v) is 6.03. The van der Waals surface area contributed by atoms with E-state index in [1.54, 1.807) is 12.4 Å². The number of carbonyl (C=O) groups is 1.